The smallest absolute Gasteiger partial charge is 0.160 e. The van der Waals surface area contributed by atoms with Crippen molar-refractivity contribution in [3.63, 3.8) is 0 Å². The minimum absolute atomic E-state index is 0.671. The third-order valence-electron chi connectivity index (χ3n) is 13.8. The topological polar surface area (TPSA) is 40.6 Å². The van der Waals surface area contributed by atoms with Crippen LogP contribution in [0, 0.1) is 0 Å². The van der Waals surface area contributed by atoms with Gasteiger partial charge in [-0.25, -0.2) is 9.97 Å². The number of benzene rings is 10. The highest BCUT2D eigenvalue weighted by Gasteiger charge is 2.20. The molecule has 0 radical (unpaired) electrons. The van der Waals surface area contributed by atoms with Crippen molar-refractivity contribution in [1.82, 2.24) is 23.7 Å². The van der Waals surface area contributed by atoms with Gasteiger partial charge < -0.3 is 13.7 Å². The first-order valence-electron chi connectivity index (χ1n) is 23.5. The summed E-state index contributed by atoms with van der Waals surface area (Å²) in [4.78, 5) is 10.7. The molecule has 14 aromatic rings. The number of fused-ring (bicyclic) bond motifs is 9. The second kappa shape index (κ2) is 15.7. The van der Waals surface area contributed by atoms with Crippen LogP contribution >= 0.6 is 0 Å². The quantitative estimate of drug-likeness (QED) is 0.160. The second-order valence-corrected chi connectivity index (χ2v) is 17.8. The number of hydrogen-bond donors (Lipinski definition) is 0. The van der Waals surface area contributed by atoms with E-state index in [2.05, 4.69) is 256 Å². The minimum atomic E-state index is 0.671. The molecule has 322 valence electrons. The van der Waals surface area contributed by atoms with E-state index in [1.165, 1.54) is 54.5 Å². The van der Waals surface area contributed by atoms with E-state index in [0.29, 0.717) is 5.82 Å². The van der Waals surface area contributed by atoms with Gasteiger partial charge in [0.2, 0.25) is 0 Å². The molecule has 0 aliphatic carbocycles. The van der Waals surface area contributed by atoms with Gasteiger partial charge in [-0.2, -0.15) is 0 Å². The van der Waals surface area contributed by atoms with Crippen LogP contribution < -0.4 is 0 Å². The van der Waals surface area contributed by atoms with Crippen LogP contribution in [0.1, 0.15) is 0 Å². The van der Waals surface area contributed by atoms with Crippen LogP contribution in [-0.4, -0.2) is 23.7 Å². The lowest BCUT2D eigenvalue weighted by atomic mass is 10.0. The van der Waals surface area contributed by atoms with Gasteiger partial charge in [-0.1, -0.05) is 170 Å². The molecule has 0 aliphatic heterocycles. The number of para-hydroxylation sites is 5. The molecule has 0 atom stereocenters. The van der Waals surface area contributed by atoms with E-state index in [1.54, 1.807) is 0 Å². The summed E-state index contributed by atoms with van der Waals surface area (Å²) in [7, 11) is 0. The fourth-order valence-corrected chi connectivity index (χ4v) is 10.7. The van der Waals surface area contributed by atoms with Crippen LogP contribution in [0.4, 0.5) is 0 Å². The van der Waals surface area contributed by atoms with E-state index in [1.807, 2.05) is 6.07 Å². The average molecular weight is 880 g/mol. The van der Waals surface area contributed by atoms with Crippen LogP contribution in [-0.2, 0) is 0 Å². The fraction of sp³-hybridized carbons (Fsp3) is 0. The fourth-order valence-electron chi connectivity index (χ4n) is 10.7. The Hall–Kier alpha value is -9.32. The number of rotatable bonds is 7. The van der Waals surface area contributed by atoms with Crippen LogP contribution in [0.15, 0.2) is 249 Å². The Labute approximate surface area is 398 Å². The zero-order valence-electron chi connectivity index (χ0n) is 37.4. The maximum Gasteiger partial charge on any atom is 0.160 e. The molecule has 0 saturated carbocycles. The summed E-state index contributed by atoms with van der Waals surface area (Å²) in [6.45, 7) is 0. The summed E-state index contributed by atoms with van der Waals surface area (Å²) >= 11 is 0. The van der Waals surface area contributed by atoms with Crippen LogP contribution in [0.5, 0.6) is 0 Å². The van der Waals surface area contributed by atoms with E-state index in [4.69, 9.17) is 9.97 Å². The van der Waals surface area contributed by atoms with Gasteiger partial charge in [-0.15, -0.1) is 0 Å². The zero-order chi connectivity index (χ0) is 45.4. The summed E-state index contributed by atoms with van der Waals surface area (Å²) in [5.41, 5.74) is 17.2. The van der Waals surface area contributed by atoms with Crippen LogP contribution in [0.2, 0.25) is 0 Å². The van der Waals surface area contributed by atoms with Gasteiger partial charge >= 0.3 is 0 Å². The van der Waals surface area contributed by atoms with E-state index < -0.39 is 0 Å². The largest absolute Gasteiger partial charge is 0.309 e. The third kappa shape index (κ3) is 6.32. The monoisotopic (exact) mass is 879 g/mol. The Morgan fingerprint density at radius 2 is 0.594 bits per heavy atom. The Bertz CT molecular complexity index is 4050. The Morgan fingerprint density at radius 3 is 1.09 bits per heavy atom. The maximum atomic E-state index is 5.42. The average Bonchev–Trinajstić information content (AvgIpc) is 4.07. The molecule has 0 spiro atoms. The first kappa shape index (κ1) is 38.9. The molecule has 0 amide bonds. The normalized spacial score (nSPS) is 11.8. The van der Waals surface area contributed by atoms with Gasteiger partial charge in [-0.05, 0) is 90.0 Å². The van der Waals surface area contributed by atoms with Gasteiger partial charge in [0, 0.05) is 66.1 Å². The number of hydrogen-bond acceptors (Lipinski definition) is 2. The van der Waals surface area contributed by atoms with Crippen molar-refractivity contribution in [1.29, 1.82) is 0 Å². The third-order valence-corrected chi connectivity index (χ3v) is 13.8. The summed E-state index contributed by atoms with van der Waals surface area (Å²) in [6.07, 6.45) is 0. The highest BCUT2D eigenvalue weighted by atomic mass is 15.0. The summed E-state index contributed by atoms with van der Waals surface area (Å²) < 4.78 is 7.18. The molecule has 0 fully saturated rings. The molecular formula is C64H41N5. The maximum absolute atomic E-state index is 5.42. The highest BCUT2D eigenvalue weighted by molar-refractivity contribution is 6.12. The highest BCUT2D eigenvalue weighted by Crippen LogP contribution is 2.40. The predicted molar refractivity (Wildman–Crippen MR) is 287 cm³/mol. The van der Waals surface area contributed by atoms with Crippen molar-refractivity contribution in [3.8, 4) is 62.1 Å². The molecule has 4 heterocycles. The first-order chi connectivity index (χ1) is 34.2. The van der Waals surface area contributed by atoms with E-state index in [-0.39, 0.29) is 0 Å². The van der Waals surface area contributed by atoms with Crippen molar-refractivity contribution in [2.24, 2.45) is 0 Å². The molecule has 5 heteroatoms. The molecule has 14 rings (SSSR count). The summed E-state index contributed by atoms with van der Waals surface area (Å²) in [5, 5.41) is 7.32. The summed E-state index contributed by atoms with van der Waals surface area (Å²) in [6, 6.07) is 89.2. The van der Waals surface area contributed by atoms with Crippen molar-refractivity contribution in [3.05, 3.63) is 249 Å². The number of nitrogens with zero attached hydrogens (tertiary/aromatic N) is 5. The molecular weight excluding hydrogens is 839 g/mol. The van der Waals surface area contributed by atoms with Crippen LogP contribution in [0.3, 0.4) is 0 Å². The van der Waals surface area contributed by atoms with Crippen LogP contribution in [0.25, 0.3) is 128 Å². The van der Waals surface area contributed by atoms with Crippen molar-refractivity contribution in [2.75, 3.05) is 0 Å². The van der Waals surface area contributed by atoms with Crippen molar-refractivity contribution < 1.29 is 0 Å². The Balaban J connectivity index is 0.969. The molecule has 0 unspecified atom stereocenters. The Kier molecular flexibility index (Phi) is 8.83. The molecule has 0 aliphatic rings. The second-order valence-electron chi connectivity index (χ2n) is 17.8. The molecule has 10 aromatic carbocycles. The zero-order valence-corrected chi connectivity index (χ0v) is 37.4. The predicted octanol–water partition coefficient (Wildman–Crippen LogP) is 16.4. The minimum Gasteiger partial charge on any atom is -0.309 e. The van der Waals surface area contributed by atoms with Gasteiger partial charge in [0.15, 0.2) is 5.82 Å². The molecule has 69 heavy (non-hydrogen) atoms. The number of aromatic nitrogens is 5. The lowest BCUT2D eigenvalue weighted by Crippen LogP contribution is -2.01. The first-order valence-corrected chi connectivity index (χ1v) is 23.5. The summed E-state index contributed by atoms with van der Waals surface area (Å²) in [5.74, 6) is 0.671. The standard InChI is InChI=1S/C64H41N5/c1-3-17-42(18-4-1)45-33-36-63-55(39-45)54-25-11-16-30-62(54)67(63)47-34-31-43(32-35-47)56-41-57(66-64(65-56)44-19-5-2-6-20-44)46-37-48(68-58-26-12-7-21-50(58)51-22-8-13-27-59(51)68)40-49(38-46)69-60-28-14-9-23-52(60)53-24-10-15-29-61(53)69/h1-41H. The molecule has 4 aromatic heterocycles. The molecule has 5 nitrogen and oxygen atoms in total. The molecule has 0 bridgehead atoms. The molecule has 0 N–H and O–H groups in total. The van der Waals surface area contributed by atoms with E-state index >= 15 is 0 Å². The van der Waals surface area contributed by atoms with E-state index in [9.17, 15) is 0 Å². The lowest BCUT2D eigenvalue weighted by molar-refractivity contribution is 1.13. The SMILES string of the molecule is c1ccc(-c2ccc3c(c2)c2ccccc2n3-c2ccc(-c3cc(-c4cc(-n5c6ccccc6c6ccccc65)cc(-n5c6ccccc6c6ccccc65)c4)nc(-c4ccccc4)n3)cc2)cc1. The van der Waals surface area contributed by atoms with Gasteiger partial charge in [0.05, 0.1) is 44.5 Å². The van der Waals surface area contributed by atoms with E-state index in [0.717, 1.165) is 67.2 Å². The van der Waals surface area contributed by atoms with Gasteiger partial charge in [0.1, 0.15) is 0 Å². The lowest BCUT2D eigenvalue weighted by Gasteiger charge is -2.16. The Morgan fingerprint density at radius 1 is 0.217 bits per heavy atom. The van der Waals surface area contributed by atoms with Gasteiger partial charge in [0.25, 0.3) is 0 Å². The molecule has 0 saturated heterocycles. The van der Waals surface area contributed by atoms with Crippen molar-refractivity contribution in [2.45, 2.75) is 0 Å². The van der Waals surface area contributed by atoms with Gasteiger partial charge in [-0.3, -0.25) is 0 Å². The van der Waals surface area contributed by atoms with Crippen molar-refractivity contribution >= 4 is 65.4 Å².